The molecule has 3 aromatic heterocycles. The summed E-state index contributed by atoms with van der Waals surface area (Å²) in [5, 5.41) is 2.06. The maximum Gasteiger partial charge on any atom is 0.274 e. The van der Waals surface area contributed by atoms with Crippen LogP contribution in [0.1, 0.15) is 34.2 Å². The summed E-state index contributed by atoms with van der Waals surface area (Å²) in [6.45, 7) is 3.29. The first kappa shape index (κ1) is 13.4. The van der Waals surface area contributed by atoms with Gasteiger partial charge in [-0.3, -0.25) is 14.2 Å². The first-order chi connectivity index (χ1) is 10.7. The largest absolute Gasteiger partial charge is 0.337 e. The number of amides is 1. The van der Waals surface area contributed by atoms with E-state index in [4.69, 9.17) is 0 Å². The van der Waals surface area contributed by atoms with Crippen molar-refractivity contribution in [3.05, 3.63) is 47.4 Å². The van der Waals surface area contributed by atoms with Crippen LogP contribution in [0.5, 0.6) is 0 Å². The van der Waals surface area contributed by atoms with Crippen LogP contribution in [0.2, 0.25) is 0 Å². The molecule has 3 aromatic rings. The van der Waals surface area contributed by atoms with Crippen molar-refractivity contribution in [2.45, 2.75) is 19.3 Å². The van der Waals surface area contributed by atoms with Gasteiger partial charge >= 0.3 is 0 Å². The third-order valence-corrected chi connectivity index (χ3v) is 4.94. The smallest absolute Gasteiger partial charge is 0.274 e. The highest BCUT2D eigenvalue weighted by Crippen LogP contribution is 2.31. The predicted octanol–water partition coefficient (Wildman–Crippen LogP) is 2.12. The summed E-state index contributed by atoms with van der Waals surface area (Å²) < 4.78 is 2.04. The minimum atomic E-state index is -0.0448. The molecule has 112 valence electrons. The van der Waals surface area contributed by atoms with E-state index in [-0.39, 0.29) is 5.91 Å². The molecule has 4 rings (SSSR count). The normalized spacial score (nSPS) is 18.2. The summed E-state index contributed by atoms with van der Waals surface area (Å²) in [5.41, 5.74) is 2.33. The number of aromatic nitrogens is 4. The van der Waals surface area contributed by atoms with E-state index >= 15 is 0 Å². The van der Waals surface area contributed by atoms with E-state index in [0.29, 0.717) is 18.2 Å². The van der Waals surface area contributed by atoms with Crippen molar-refractivity contribution in [3.63, 3.8) is 0 Å². The van der Waals surface area contributed by atoms with E-state index in [9.17, 15) is 4.79 Å². The van der Waals surface area contributed by atoms with E-state index in [1.54, 1.807) is 23.7 Å². The third-order valence-electron chi connectivity index (χ3n) is 4.04. The second-order valence-corrected chi connectivity index (χ2v) is 6.42. The van der Waals surface area contributed by atoms with Gasteiger partial charge in [0.2, 0.25) is 0 Å². The van der Waals surface area contributed by atoms with Gasteiger partial charge in [-0.25, -0.2) is 9.97 Å². The van der Waals surface area contributed by atoms with Crippen LogP contribution in [0.15, 0.2) is 30.3 Å². The van der Waals surface area contributed by atoms with Gasteiger partial charge in [-0.2, -0.15) is 0 Å². The van der Waals surface area contributed by atoms with Crippen molar-refractivity contribution < 1.29 is 4.79 Å². The Bertz CT molecular complexity index is 822. The number of thiazole rings is 1. The van der Waals surface area contributed by atoms with Crippen LogP contribution in [-0.4, -0.2) is 43.2 Å². The molecule has 1 atom stereocenters. The van der Waals surface area contributed by atoms with Crippen LogP contribution in [-0.2, 0) is 0 Å². The Balaban J connectivity index is 1.54. The number of likely N-dealkylation sites (tertiary alicyclic amines) is 1. The van der Waals surface area contributed by atoms with Gasteiger partial charge in [0.25, 0.3) is 5.91 Å². The number of rotatable bonds is 2. The Morgan fingerprint density at radius 2 is 2.23 bits per heavy atom. The van der Waals surface area contributed by atoms with Gasteiger partial charge in [0, 0.05) is 36.8 Å². The SMILES string of the molecule is Cc1cnc(C(=O)N2CC[C@H](c3ncn4ccsc34)C2)cn1. The van der Waals surface area contributed by atoms with Gasteiger partial charge < -0.3 is 4.90 Å². The van der Waals surface area contributed by atoms with Gasteiger partial charge in [-0.05, 0) is 13.3 Å². The number of fused-ring (bicyclic) bond motifs is 1. The van der Waals surface area contributed by atoms with Crippen molar-refractivity contribution in [1.82, 2.24) is 24.3 Å². The number of aryl methyl sites for hydroxylation is 1. The molecule has 6 nitrogen and oxygen atoms in total. The van der Waals surface area contributed by atoms with E-state index in [1.807, 2.05) is 28.7 Å². The van der Waals surface area contributed by atoms with E-state index in [1.165, 1.54) is 4.83 Å². The average molecular weight is 313 g/mol. The van der Waals surface area contributed by atoms with Crippen LogP contribution in [0.25, 0.3) is 4.83 Å². The van der Waals surface area contributed by atoms with E-state index in [0.717, 1.165) is 24.4 Å². The molecule has 0 aliphatic carbocycles. The highest BCUT2D eigenvalue weighted by molar-refractivity contribution is 7.15. The lowest BCUT2D eigenvalue weighted by Crippen LogP contribution is -2.29. The molecule has 0 N–H and O–H groups in total. The van der Waals surface area contributed by atoms with Crippen LogP contribution in [0.3, 0.4) is 0 Å². The summed E-state index contributed by atoms with van der Waals surface area (Å²) in [6, 6.07) is 0. The first-order valence-corrected chi connectivity index (χ1v) is 8.08. The Labute approximate surface area is 131 Å². The standard InChI is InChI=1S/C15H15N5OS/c1-10-6-17-12(7-16-10)14(21)19-3-2-11(8-19)13-15-20(9-18-13)4-5-22-15/h4-7,9,11H,2-3,8H2,1H3/t11-/m0/s1. The lowest BCUT2D eigenvalue weighted by Gasteiger charge is -2.15. The second kappa shape index (κ2) is 5.17. The lowest BCUT2D eigenvalue weighted by atomic mass is 10.1. The molecule has 1 amide bonds. The molecule has 4 heterocycles. The molecule has 7 heteroatoms. The van der Waals surface area contributed by atoms with Gasteiger partial charge in [0.1, 0.15) is 16.9 Å². The van der Waals surface area contributed by atoms with Gasteiger partial charge in [0.05, 0.1) is 17.6 Å². The van der Waals surface area contributed by atoms with Crippen molar-refractivity contribution in [2.75, 3.05) is 13.1 Å². The van der Waals surface area contributed by atoms with Gasteiger partial charge in [-0.15, -0.1) is 11.3 Å². The van der Waals surface area contributed by atoms with Crippen molar-refractivity contribution in [3.8, 4) is 0 Å². The molecule has 1 aliphatic rings. The minimum Gasteiger partial charge on any atom is -0.337 e. The topological polar surface area (TPSA) is 63.4 Å². The molecule has 0 radical (unpaired) electrons. The summed E-state index contributed by atoms with van der Waals surface area (Å²) in [5.74, 6) is 0.252. The molecular weight excluding hydrogens is 298 g/mol. The molecule has 0 unspecified atom stereocenters. The lowest BCUT2D eigenvalue weighted by molar-refractivity contribution is 0.0784. The molecule has 0 spiro atoms. The Morgan fingerprint density at radius 1 is 1.32 bits per heavy atom. The van der Waals surface area contributed by atoms with Crippen LogP contribution >= 0.6 is 11.3 Å². The second-order valence-electron chi connectivity index (χ2n) is 5.53. The number of hydrogen-bond donors (Lipinski definition) is 0. The maximum absolute atomic E-state index is 12.5. The zero-order valence-corrected chi connectivity index (χ0v) is 13.0. The van der Waals surface area contributed by atoms with Crippen LogP contribution < -0.4 is 0 Å². The molecule has 0 bridgehead atoms. The Kier molecular flexibility index (Phi) is 3.15. The molecule has 0 aromatic carbocycles. The fourth-order valence-corrected chi connectivity index (χ4v) is 3.76. The summed E-state index contributed by atoms with van der Waals surface area (Å²) in [6.07, 6.45) is 7.98. The van der Waals surface area contributed by atoms with Gasteiger partial charge in [0.15, 0.2) is 0 Å². The van der Waals surface area contributed by atoms with Crippen LogP contribution in [0, 0.1) is 6.92 Å². The zero-order chi connectivity index (χ0) is 15.1. The molecule has 1 aliphatic heterocycles. The Hall–Kier alpha value is -2.28. The third kappa shape index (κ3) is 2.18. The summed E-state index contributed by atoms with van der Waals surface area (Å²) in [4.78, 5) is 28.4. The monoisotopic (exact) mass is 313 g/mol. The molecule has 22 heavy (non-hydrogen) atoms. The molecular formula is C15H15N5OS. The first-order valence-electron chi connectivity index (χ1n) is 7.20. The van der Waals surface area contributed by atoms with Crippen molar-refractivity contribution in [1.29, 1.82) is 0 Å². The van der Waals surface area contributed by atoms with E-state index < -0.39 is 0 Å². The highest BCUT2D eigenvalue weighted by Gasteiger charge is 2.31. The predicted molar refractivity (Wildman–Crippen MR) is 83.1 cm³/mol. The number of imidazole rings is 1. The summed E-state index contributed by atoms with van der Waals surface area (Å²) in [7, 11) is 0. The average Bonchev–Trinajstić information content (AvgIpc) is 3.23. The van der Waals surface area contributed by atoms with E-state index in [2.05, 4.69) is 20.3 Å². The van der Waals surface area contributed by atoms with Gasteiger partial charge in [-0.1, -0.05) is 0 Å². The Morgan fingerprint density at radius 3 is 3.05 bits per heavy atom. The van der Waals surface area contributed by atoms with Crippen molar-refractivity contribution >= 4 is 22.1 Å². The number of hydrogen-bond acceptors (Lipinski definition) is 5. The minimum absolute atomic E-state index is 0.0448. The molecule has 1 saturated heterocycles. The molecule has 1 fully saturated rings. The summed E-state index contributed by atoms with van der Waals surface area (Å²) >= 11 is 1.69. The fraction of sp³-hybridized carbons (Fsp3) is 0.333. The number of nitrogens with zero attached hydrogens (tertiary/aromatic N) is 5. The molecule has 0 saturated carbocycles. The quantitative estimate of drug-likeness (QED) is 0.727. The van der Waals surface area contributed by atoms with Crippen molar-refractivity contribution in [2.24, 2.45) is 0 Å². The zero-order valence-electron chi connectivity index (χ0n) is 12.1. The number of carbonyl (C=O) groups excluding carboxylic acids is 1. The number of carbonyl (C=O) groups is 1. The maximum atomic E-state index is 12.5. The fourth-order valence-electron chi connectivity index (χ4n) is 2.87. The van der Waals surface area contributed by atoms with Crippen LogP contribution in [0.4, 0.5) is 0 Å². The highest BCUT2D eigenvalue weighted by atomic mass is 32.1.